The molecule has 1 aromatic rings. The number of rotatable bonds is 5. The van der Waals surface area contributed by atoms with Crippen LogP contribution in [-0.4, -0.2) is 29.4 Å². The molecule has 0 unspecified atom stereocenters. The first-order valence-electron chi connectivity index (χ1n) is 7.11. The molecule has 1 heterocycles. The number of aromatic nitrogens is 2. The van der Waals surface area contributed by atoms with Crippen LogP contribution in [0.1, 0.15) is 43.9 Å². The molecular formula is C14H26N4. The topological polar surface area (TPSA) is 33.1 Å². The minimum absolute atomic E-state index is 0.695. The minimum Gasteiger partial charge on any atom is -0.357 e. The van der Waals surface area contributed by atoms with Gasteiger partial charge in [0.25, 0.3) is 0 Å². The standard InChI is InChI=1S/C14H26N4/c1-5-15-10-13-11(2)16-18(4)14(13)17(3)12-8-6-7-9-12/h12,15H,5-10H2,1-4H3. The van der Waals surface area contributed by atoms with E-state index in [9.17, 15) is 0 Å². The molecule has 1 N–H and O–H groups in total. The Kier molecular flexibility index (Phi) is 4.27. The quantitative estimate of drug-likeness (QED) is 0.870. The predicted octanol–water partition coefficient (Wildman–Crippen LogP) is 2.22. The number of nitrogens with one attached hydrogen (secondary N) is 1. The molecule has 1 aliphatic carbocycles. The van der Waals surface area contributed by atoms with Crippen LogP contribution in [-0.2, 0) is 13.6 Å². The molecule has 1 fully saturated rings. The molecule has 4 nitrogen and oxygen atoms in total. The summed E-state index contributed by atoms with van der Waals surface area (Å²) in [5, 5.41) is 8.02. The van der Waals surface area contributed by atoms with E-state index in [0.717, 1.165) is 18.8 Å². The van der Waals surface area contributed by atoms with Crippen molar-refractivity contribution in [1.29, 1.82) is 0 Å². The number of hydrogen-bond donors (Lipinski definition) is 1. The third-order valence-electron chi connectivity index (χ3n) is 4.07. The minimum atomic E-state index is 0.695. The SMILES string of the molecule is CCNCc1c(C)nn(C)c1N(C)C1CCCC1. The smallest absolute Gasteiger partial charge is 0.131 e. The largest absolute Gasteiger partial charge is 0.357 e. The highest BCUT2D eigenvalue weighted by molar-refractivity contribution is 5.50. The van der Waals surface area contributed by atoms with Crippen molar-refractivity contribution >= 4 is 5.82 Å². The molecule has 2 rings (SSSR count). The first kappa shape index (κ1) is 13.4. The van der Waals surface area contributed by atoms with Crippen LogP contribution in [0.4, 0.5) is 5.82 Å². The average molecular weight is 250 g/mol. The summed E-state index contributed by atoms with van der Waals surface area (Å²) in [5.41, 5.74) is 2.51. The van der Waals surface area contributed by atoms with E-state index < -0.39 is 0 Å². The maximum Gasteiger partial charge on any atom is 0.131 e. The predicted molar refractivity (Wildman–Crippen MR) is 76.0 cm³/mol. The fourth-order valence-corrected chi connectivity index (χ4v) is 3.05. The summed E-state index contributed by atoms with van der Waals surface area (Å²) in [5.74, 6) is 1.29. The van der Waals surface area contributed by atoms with Gasteiger partial charge in [0.15, 0.2) is 0 Å². The molecule has 0 aliphatic heterocycles. The Morgan fingerprint density at radius 2 is 2.06 bits per heavy atom. The van der Waals surface area contributed by atoms with Gasteiger partial charge in [-0.05, 0) is 26.3 Å². The Morgan fingerprint density at radius 1 is 1.39 bits per heavy atom. The molecule has 0 aromatic carbocycles. The molecule has 0 spiro atoms. The van der Waals surface area contributed by atoms with Crippen LogP contribution in [0.25, 0.3) is 0 Å². The van der Waals surface area contributed by atoms with Crippen LogP contribution in [0, 0.1) is 6.92 Å². The summed E-state index contributed by atoms with van der Waals surface area (Å²) in [6.07, 6.45) is 5.38. The Balaban J connectivity index is 2.23. The molecule has 4 heteroatoms. The van der Waals surface area contributed by atoms with E-state index in [1.807, 2.05) is 4.68 Å². The lowest BCUT2D eigenvalue weighted by Crippen LogP contribution is -2.31. The molecule has 1 aliphatic rings. The lowest BCUT2D eigenvalue weighted by atomic mass is 10.1. The fraction of sp³-hybridized carbons (Fsp3) is 0.786. The molecule has 102 valence electrons. The van der Waals surface area contributed by atoms with Gasteiger partial charge >= 0.3 is 0 Å². The van der Waals surface area contributed by atoms with Gasteiger partial charge in [-0.15, -0.1) is 0 Å². The van der Waals surface area contributed by atoms with E-state index in [-0.39, 0.29) is 0 Å². The van der Waals surface area contributed by atoms with Crippen LogP contribution in [0.15, 0.2) is 0 Å². The summed E-state index contributed by atoms with van der Waals surface area (Å²) in [6, 6.07) is 0.695. The maximum absolute atomic E-state index is 4.59. The Labute approximate surface area is 110 Å². The zero-order chi connectivity index (χ0) is 13.1. The van der Waals surface area contributed by atoms with Gasteiger partial charge in [0, 0.05) is 32.2 Å². The maximum atomic E-state index is 4.59. The Morgan fingerprint density at radius 3 is 2.67 bits per heavy atom. The Hall–Kier alpha value is -1.03. The second kappa shape index (κ2) is 5.74. The van der Waals surface area contributed by atoms with Crippen molar-refractivity contribution in [3.05, 3.63) is 11.3 Å². The zero-order valence-corrected chi connectivity index (χ0v) is 12.2. The van der Waals surface area contributed by atoms with Crippen molar-refractivity contribution in [2.75, 3.05) is 18.5 Å². The molecule has 1 aromatic heterocycles. The molecule has 0 atom stereocenters. The highest BCUT2D eigenvalue weighted by Crippen LogP contribution is 2.30. The summed E-state index contributed by atoms with van der Waals surface area (Å²) in [7, 11) is 4.28. The number of aryl methyl sites for hydroxylation is 2. The normalized spacial score (nSPS) is 16.4. The van der Waals surface area contributed by atoms with E-state index in [4.69, 9.17) is 0 Å². The fourth-order valence-electron chi connectivity index (χ4n) is 3.05. The van der Waals surface area contributed by atoms with Gasteiger partial charge in [0.2, 0.25) is 0 Å². The lowest BCUT2D eigenvalue weighted by molar-refractivity contribution is 0.616. The van der Waals surface area contributed by atoms with Gasteiger partial charge < -0.3 is 10.2 Å². The van der Waals surface area contributed by atoms with Gasteiger partial charge in [0.05, 0.1) is 5.69 Å². The monoisotopic (exact) mass is 250 g/mol. The summed E-state index contributed by atoms with van der Waals surface area (Å²) < 4.78 is 2.04. The Bertz CT molecular complexity index is 391. The van der Waals surface area contributed by atoms with Crippen molar-refractivity contribution < 1.29 is 0 Å². The van der Waals surface area contributed by atoms with E-state index in [1.54, 1.807) is 0 Å². The summed E-state index contributed by atoms with van der Waals surface area (Å²) in [4.78, 5) is 2.44. The number of nitrogens with zero attached hydrogens (tertiary/aromatic N) is 3. The van der Waals surface area contributed by atoms with Crippen molar-refractivity contribution in [1.82, 2.24) is 15.1 Å². The highest BCUT2D eigenvalue weighted by atomic mass is 15.4. The molecule has 18 heavy (non-hydrogen) atoms. The zero-order valence-electron chi connectivity index (χ0n) is 12.2. The van der Waals surface area contributed by atoms with Gasteiger partial charge in [-0.25, -0.2) is 0 Å². The molecular weight excluding hydrogens is 224 g/mol. The van der Waals surface area contributed by atoms with Crippen molar-refractivity contribution in [2.45, 2.75) is 52.1 Å². The number of anilines is 1. The molecule has 0 radical (unpaired) electrons. The van der Waals surface area contributed by atoms with Gasteiger partial charge in [-0.2, -0.15) is 5.10 Å². The van der Waals surface area contributed by atoms with Crippen LogP contribution in [0.5, 0.6) is 0 Å². The van der Waals surface area contributed by atoms with E-state index in [0.29, 0.717) is 6.04 Å². The van der Waals surface area contributed by atoms with Crippen LogP contribution in [0.3, 0.4) is 0 Å². The average Bonchev–Trinajstić information content (AvgIpc) is 2.94. The summed E-state index contributed by atoms with van der Waals surface area (Å²) in [6.45, 7) is 6.17. The van der Waals surface area contributed by atoms with Crippen molar-refractivity contribution in [2.24, 2.45) is 7.05 Å². The molecule has 1 saturated carbocycles. The van der Waals surface area contributed by atoms with Gasteiger partial charge in [0.1, 0.15) is 5.82 Å². The lowest BCUT2D eigenvalue weighted by Gasteiger charge is -2.27. The molecule has 0 amide bonds. The second-order valence-electron chi connectivity index (χ2n) is 5.34. The van der Waals surface area contributed by atoms with Crippen LogP contribution >= 0.6 is 0 Å². The highest BCUT2D eigenvalue weighted by Gasteiger charge is 2.25. The third-order valence-corrected chi connectivity index (χ3v) is 4.07. The van der Waals surface area contributed by atoms with E-state index in [2.05, 4.69) is 43.3 Å². The van der Waals surface area contributed by atoms with E-state index >= 15 is 0 Å². The van der Waals surface area contributed by atoms with Gasteiger partial charge in [-0.1, -0.05) is 19.8 Å². The van der Waals surface area contributed by atoms with Crippen LogP contribution in [0.2, 0.25) is 0 Å². The second-order valence-corrected chi connectivity index (χ2v) is 5.34. The summed E-state index contributed by atoms with van der Waals surface area (Å²) >= 11 is 0. The van der Waals surface area contributed by atoms with Crippen molar-refractivity contribution in [3.63, 3.8) is 0 Å². The number of hydrogen-bond acceptors (Lipinski definition) is 3. The van der Waals surface area contributed by atoms with Crippen molar-refractivity contribution in [3.8, 4) is 0 Å². The molecule has 0 bridgehead atoms. The first-order chi connectivity index (χ1) is 8.65. The first-order valence-corrected chi connectivity index (χ1v) is 7.11. The molecule has 0 saturated heterocycles. The third kappa shape index (κ3) is 2.53. The van der Waals surface area contributed by atoms with E-state index in [1.165, 1.54) is 37.1 Å². The van der Waals surface area contributed by atoms with Gasteiger partial charge in [-0.3, -0.25) is 4.68 Å². The van der Waals surface area contributed by atoms with Crippen LogP contribution < -0.4 is 10.2 Å².